The van der Waals surface area contributed by atoms with Crippen LogP contribution in [-0.4, -0.2) is 28.1 Å². The predicted molar refractivity (Wildman–Crippen MR) is 112 cm³/mol. The van der Waals surface area contributed by atoms with Gasteiger partial charge in [0.15, 0.2) is 0 Å². The Kier molecular flexibility index (Phi) is 6.07. The lowest BCUT2D eigenvalue weighted by Gasteiger charge is -2.34. The maximum Gasteiger partial charge on any atom is 0.252 e. The molecular weight excluding hydrogens is 380 g/mol. The van der Waals surface area contributed by atoms with Crippen LogP contribution in [-0.2, 0) is 16.8 Å². The topological polar surface area (TPSA) is 90.1 Å². The molecule has 1 saturated carbocycles. The maximum absolute atomic E-state index is 12.9. The Morgan fingerprint density at radius 1 is 1.17 bits per heavy atom. The molecule has 2 heterocycles. The Bertz CT molecular complexity index is 981. The number of hydrogen-bond acceptors (Lipinski definition) is 6. The number of pyridine rings is 1. The summed E-state index contributed by atoms with van der Waals surface area (Å²) in [5.41, 5.74) is 1.20. The minimum absolute atomic E-state index is 0.0241. The summed E-state index contributed by atoms with van der Waals surface area (Å²) in [7, 11) is 1.64. The third kappa shape index (κ3) is 4.35. The van der Waals surface area contributed by atoms with E-state index in [1.807, 2.05) is 36.4 Å². The van der Waals surface area contributed by atoms with Crippen molar-refractivity contribution in [3.63, 3.8) is 0 Å². The highest BCUT2D eigenvalue weighted by atomic mass is 16.5. The first kappa shape index (κ1) is 20.1. The van der Waals surface area contributed by atoms with Gasteiger partial charge >= 0.3 is 0 Å². The number of ether oxygens (including phenoxy) is 1. The van der Waals surface area contributed by atoms with Crippen LogP contribution in [0, 0.1) is 0 Å². The van der Waals surface area contributed by atoms with E-state index in [0.717, 1.165) is 49.0 Å². The minimum Gasteiger partial charge on any atom is -0.496 e. The van der Waals surface area contributed by atoms with Crippen LogP contribution in [0.5, 0.6) is 5.75 Å². The summed E-state index contributed by atoms with van der Waals surface area (Å²) in [5, 5.41) is 7.37. The summed E-state index contributed by atoms with van der Waals surface area (Å²) in [5.74, 6) is 1.75. The molecule has 1 aromatic carbocycles. The van der Waals surface area contributed by atoms with E-state index in [2.05, 4.69) is 20.4 Å². The quantitative estimate of drug-likeness (QED) is 0.637. The molecule has 1 N–H and O–H groups in total. The van der Waals surface area contributed by atoms with Gasteiger partial charge in [0.2, 0.25) is 11.7 Å². The Hall–Kier alpha value is -3.22. The number of carbonyl (C=O) groups is 1. The van der Waals surface area contributed by atoms with Crippen molar-refractivity contribution < 1.29 is 14.1 Å². The molecule has 0 radical (unpaired) electrons. The van der Waals surface area contributed by atoms with Crippen molar-refractivity contribution >= 4 is 5.91 Å². The Labute approximate surface area is 175 Å². The number of aromatic nitrogens is 3. The van der Waals surface area contributed by atoms with Gasteiger partial charge in [-0.3, -0.25) is 9.78 Å². The van der Waals surface area contributed by atoms with E-state index in [4.69, 9.17) is 9.26 Å². The molecule has 1 amide bonds. The van der Waals surface area contributed by atoms with Crippen LogP contribution in [0.25, 0.3) is 11.4 Å². The first-order valence-corrected chi connectivity index (χ1v) is 10.4. The van der Waals surface area contributed by atoms with Crippen molar-refractivity contribution in [3.05, 3.63) is 60.2 Å². The summed E-state index contributed by atoms with van der Waals surface area (Å²) >= 11 is 0. The molecule has 2 aromatic heterocycles. The lowest BCUT2D eigenvalue weighted by molar-refractivity contribution is -0.124. The van der Waals surface area contributed by atoms with Gasteiger partial charge in [0.1, 0.15) is 11.3 Å². The number of aryl methyl sites for hydroxylation is 1. The molecule has 1 aliphatic carbocycles. The second-order valence-corrected chi connectivity index (χ2v) is 7.67. The predicted octanol–water partition coefficient (Wildman–Crippen LogP) is 4.05. The number of methoxy groups -OCH3 is 1. The number of nitrogens with zero attached hydrogens (tertiary/aromatic N) is 3. The molecule has 156 valence electrons. The Balaban J connectivity index is 1.50. The Morgan fingerprint density at radius 2 is 2.00 bits per heavy atom. The van der Waals surface area contributed by atoms with Crippen molar-refractivity contribution in [1.82, 2.24) is 20.4 Å². The van der Waals surface area contributed by atoms with Crippen molar-refractivity contribution in [3.8, 4) is 17.1 Å². The Morgan fingerprint density at radius 3 is 2.77 bits per heavy atom. The molecule has 0 saturated heterocycles. The summed E-state index contributed by atoms with van der Waals surface area (Å²) in [6.07, 6.45) is 9.13. The van der Waals surface area contributed by atoms with Gasteiger partial charge in [-0.25, -0.2) is 0 Å². The fraction of sp³-hybridized carbons (Fsp3) is 0.391. The lowest BCUT2D eigenvalue weighted by atomic mass is 9.81. The summed E-state index contributed by atoms with van der Waals surface area (Å²) in [6, 6.07) is 11.5. The fourth-order valence-electron chi connectivity index (χ4n) is 4.06. The van der Waals surface area contributed by atoms with Gasteiger partial charge in [0.05, 0.1) is 7.11 Å². The maximum atomic E-state index is 12.9. The third-order valence-electron chi connectivity index (χ3n) is 5.65. The number of benzene rings is 1. The van der Waals surface area contributed by atoms with E-state index >= 15 is 0 Å². The van der Waals surface area contributed by atoms with E-state index < -0.39 is 5.54 Å². The molecule has 0 spiro atoms. The highest BCUT2D eigenvalue weighted by Gasteiger charge is 2.40. The van der Waals surface area contributed by atoms with E-state index in [-0.39, 0.29) is 5.91 Å². The third-order valence-corrected chi connectivity index (χ3v) is 5.65. The van der Waals surface area contributed by atoms with Gasteiger partial charge in [-0.2, -0.15) is 4.98 Å². The van der Waals surface area contributed by atoms with Crippen LogP contribution in [0.4, 0.5) is 0 Å². The smallest absolute Gasteiger partial charge is 0.252 e. The average molecular weight is 406 g/mol. The van der Waals surface area contributed by atoms with E-state index in [1.165, 1.54) is 0 Å². The van der Waals surface area contributed by atoms with E-state index in [1.54, 1.807) is 19.5 Å². The SMILES string of the molecule is COc1ccccc1CCC(=O)NC1(c2nc(-c3cccnc3)no2)CCCCC1. The lowest BCUT2D eigenvalue weighted by Crippen LogP contribution is -2.47. The molecule has 4 rings (SSSR count). The van der Waals surface area contributed by atoms with Crippen molar-refractivity contribution in [2.45, 2.75) is 50.5 Å². The largest absolute Gasteiger partial charge is 0.496 e. The molecule has 0 aliphatic heterocycles. The number of rotatable bonds is 7. The van der Waals surface area contributed by atoms with Crippen LogP contribution >= 0.6 is 0 Å². The molecule has 0 bridgehead atoms. The molecule has 3 aromatic rings. The average Bonchev–Trinajstić information content (AvgIpc) is 3.30. The van der Waals surface area contributed by atoms with Crippen LogP contribution in [0.3, 0.4) is 0 Å². The molecule has 0 atom stereocenters. The molecule has 0 unspecified atom stereocenters. The van der Waals surface area contributed by atoms with Gasteiger partial charge in [-0.15, -0.1) is 0 Å². The zero-order chi connectivity index (χ0) is 20.8. The monoisotopic (exact) mass is 406 g/mol. The highest BCUT2D eigenvalue weighted by molar-refractivity contribution is 5.77. The summed E-state index contributed by atoms with van der Waals surface area (Å²) in [6.45, 7) is 0. The van der Waals surface area contributed by atoms with Gasteiger partial charge < -0.3 is 14.6 Å². The van der Waals surface area contributed by atoms with Crippen molar-refractivity contribution in [1.29, 1.82) is 0 Å². The first-order chi connectivity index (χ1) is 14.7. The van der Waals surface area contributed by atoms with Gasteiger partial charge in [-0.05, 0) is 43.0 Å². The second-order valence-electron chi connectivity index (χ2n) is 7.67. The summed E-state index contributed by atoms with van der Waals surface area (Å²) in [4.78, 5) is 21.6. The number of para-hydroxylation sites is 1. The van der Waals surface area contributed by atoms with Gasteiger partial charge in [0.25, 0.3) is 5.89 Å². The second kappa shape index (κ2) is 9.07. The van der Waals surface area contributed by atoms with E-state index in [9.17, 15) is 4.79 Å². The molecule has 30 heavy (non-hydrogen) atoms. The zero-order valence-corrected chi connectivity index (χ0v) is 17.1. The van der Waals surface area contributed by atoms with Crippen LogP contribution in [0.1, 0.15) is 50.0 Å². The number of amides is 1. The van der Waals surface area contributed by atoms with Gasteiger partial charge in [-0.1, -0.05) is 42.6 Å². The minimum atomic E-state index is -0.608. The van der Waals surface area contributed by atoms with Crippen LogP contribution in [0.2, 0.25) is 0 Å². The number of hydrogen-bond donors (Lipinski definition) is 1. The van der Waals surface area contributed by atoms with Crippen molar-refractivity contribution in [2.75, 3.05) is 7.11 Å². The zero-order valence-electron chi connectivity index (χ0n) is 17.1. The standard InChI is InChI=1S/C23H26N4O3/c1-29-19-10-4-3-8-17(19)11-12-20(28)26-23(13-5-2-6-14-23)22-25-21(27-30-22)18-9-7-15-24-16-18/h3-4,7-10,15-16H,2,5-6,11-14H2,1H3,(H,26,28). The number of nitrogens with one attached hydrogen (secondary N) is 1. The van der Waals surface area contributed by atoms with E-state index in [0.29, 0.717) is 24.6 Å². The highest BCUT2D eigenvalue weighted by Crippen LogP contribution is 2.37. The van der Waals surface area contributed by atoms with Crippen LogP contribution in [0.15, 0.2) is 53.3 Å². The van der Waals surface area contributed by atoms with Crippen LogP contribution < -0.4 is 10.1 Å². The van der Waals surface area contributed by atoms with Crippen molar-refractivity contribution in [2.24, 2.45) is 0 Å². The molecule has 7 heteroatoms. The number of carbonyl (C=O) groups excluding carboxylic acids is 1. The molecule has 1 aliphatic rings. The fourth-order valence-corrected chi connectivity index (χ4v) is 4.06. The molecule has 1 fully saturated rings. The first-order valence-electron chi connectivity index (χ1n) is 10.4. The molecular formula is C23H26N4O3. The normalized spacial score (nSPS) is 15.5. The van der Waals surface area contributed by atoms with Gasteiger partial charge in [0, 0.05) is 24.4 Å². The molecule has 7 nitrogen and oxygen atoms in total. The summed E-state index contributed by atoms with van der Waals surface area (Å²) < 4.78 is 11.0.